The van der Waals surface area contributed by atoms with Crippen LogP contribution in [0.25, 0.3) is 5.57 Å². The number of nitrogens with one attached hydrogen (secondary N) is 1. The highest BCUT2D eigenvalue weighted by Crippen LogP contribution is 2.34. The van der Waals surface area contributed by atoms with Crippen LogP contribution in [0.2, 0.25) is 0 Å². The van der Waals surface area contributed by atoms with E-state index in [1.54, 1.807) is 0 Å². The molecule has 0 bridgehead atoms. The van der Waals surface area contributed by atoms with Crippen molar-refractivity contribution in [3.8, 4) is 0 Å². The number of rotatable bonds is 6. The minimum atomic E-state index is 0.361. The highest BCUT2D eigenvalue weighted by Gasteiger charge is 2.35. The summed E-state index contributed by atoms with van der Waals surface area (Å²) < 4.78 is 0. The molecule has 3 aliphatic rings. The molecule has 5 heteroatoms. The minimum Gasteiger partial charge on any atom is -0.404 e. The lowest BCUT2D eigenvalue weighted by molar-refractivity contribution is -0.133. The zero-order valence-electron chi connectivity index (χ0n) is 18.3. The number of likely N-dealkylation sites (tertiary alicyclic amines) is 1. The number of fused-ring (bicyclic) bond motifs is 1. The van der Waals surface area contributed by atoms with Crippen molar-refractivity contribution in [3.63, 3.8) is 0 Å². The normalized spacial score (nSPS) is 24.9. The fourth-order valence-corrected chi connectivity index (χ4v) is 5.76. The molecule has 4 rings (SSSR count). The number of nitrogens with two attached hydrogens (primary N) is 1. The van der Waals surface area contributed by atoms with Gasteiger partial charge in [-0.2, -0.15) is 0 Å². The van der Waals surface area contributed by atoms with Gasteiger partial charge in [-0.1, -0.05) is 25.3 Å². The molecule has 1 aliphatic carbocycles. The van der Waals surface area contributed by atoms with Gasteiger partial charge in [0.15, 0.2) is 0 Å². The number of benzene rings is 1. The van der Waals surface area contributed by atoms with Gasteiger partial charge in [-0.3, -0.25) is 4.79 Å². The molecule has 2 atom stereocenters. The van der Waals surface area contributed by atoms with Crippen molar-refractivity contribution in [1.82, 2.24) is 4.90 Å². The molecule has 1 saturated carbocycles. The van der Waals surface area contributed by atoms with E-state index in [1.165, 1.54) is 55.8 Å². The van der Waals surface area contributed by atoms with E-state index < -0.39 is 0 Å². The molecule has 5 nitrogen and oxygen atoms in total. The molecule has 0 radical (unpaired) electrons. The lowest BCUT2D eigenvalue weighted by Gasteiger charge is -2.27. The van der Waals surface area contributed by atoms with Gasteiger partial charge in [0.1, 0.15) is 0 Å². The van der Waals surface area contributed by atoms with Gasteiger partial charge in [0.25, 0.3) is 0 Å². The van der Waals surface area contributed by atoms with Crippen molar-refractivity contribution in [2.24, 2.45) is 17.6 Å². The Hall–Kier alpha value is -2.30. The molecule has 30 heavy (non-hydrogen) atoms. The van der Waals surface area contributed by atoms with E-state index in [4.69, 9.17) is 11.1 Å². The standard InChI is InChI=1S/C25H36N4O/c1-18-11-20(17-29(18)25(30)12-19-5-3-2-4-6-19)16-28-10-9-22-13-21(7-8-24(22)28)23(14-26)15-27/h7-8,13-15,18-20,26H,2-6,9-12,16-17,27H2,1H3/b23-15+,26-14?. The molecule has 1 amide bonds. The highest BCUT2D eigenvalue weighted by molar-refractivity contribution is 6.08. The molecule has 162 valence electrons. The smallest absolute Gasteiger partial charge is 0.223 e. The van der Waals surface area contributed by atoms with Gasteiger partial charge in [0.2, 0.25) is 5.91 Å². The molecular formula is C25H36N4O. The summed E-state index contributed by atoms with van der Waals surface area (Å²) in [5.74, 6) is 1.55. The summed E-state index contributed by atoms with van der Waals surface area (Å²) >= 11 is 0. The number of allylic oxidation sites excluding steroid dienone is 1. The fraction of sp³-hybridized carbons (Fsp3) is 0.600. The molecule has 1 aromatic rings. The second-order valence-corrected chi connectivity index (χ2v) is 9.51. The Balaban J connectivity index is 1.36. The molecule has 1 aromatic carbocycles. The molecule has 0 spiro atoms. The topological polar surface area (TPSA) is 73.4 Å². The number of carbonyl (C=O) groups excluding carboxylic acids is 1. The van der Waals surface area contributed by atoms with Crippen LogP contribution >= 0.6 is 0 Å². The number of nitrogens with zero attached hydrogens (tertiary/aromatic N) is 2. The second kappa shape index (κ2) is 9.23. The van der Waals surface area contributed by atoms with E-state index in [0.29, 0.717) is 23.8 Å². The average molecular weight is 409 g/mol. The van der Waals surface area contributed by atoms with Crippen LogP contribution in [0.1, 0.15) is 63.0 Å². The fourth-order valence-electron chi connectivity index (χ4n) is 5.76. The van der Waals surface area contributed by atoms with E-state index in [9.17, 15) is 4.79 Å². The first-order valence-electron chi connectivity index (χ1n) is 11.7. The number of anilines is 1. The third-order valence-corrected chi connectivity index (χ3v) is 7.39. The van der Waals surface area contributed by atoms with Crippen molar-refractivity contribution in [1.29, 1.82) is 5.41 Å². The van der Waals surface area contributed by atoms with Crippen molar-refractivity contribution in [3.05, 3.63) is 35.5 Å². The Morgan fingerprint density at radius 3 is 2.77 bits per heavy atom. The quantitative estimate of drug-likeness (QED) is 0.693. The first kappa shape index (κ1) is 21.0. The largest absolute Gasteiger partial charge is 0.404 e. The third kappa shape index (κ3) is 4.40. The van der Waals surface area contributed by atoms with Crippen LogP contribution in [0.3, 0.4) is 0 Å². The van der Waals surface area contributed by atoms with Gasteiger partial charge in [-0.05, 0) is 67.7 Å². The van der Waals surface area contributed by atoms with Crippen LogP contribution in [-0.2, 0) is 11.2 Å². The van der Waals surface area contributed by atoms with E-state index in [2.05, 4.69) is 34.9 Å². The second-order valence-electron chi connectivity index (χ2n) is 9.51. The van der Waals surface area contributed by atoms with Crippen LogP contribution < -0.4 is 10.6 Å². The molecule has 2 fully saturated rings. The van der Waals surface area contributed by atoms with Gasteiger partial charge in [0, 0.05) is 55.8 Å². The number of amides is 1. The van der Waals surface area contributed by atoms with Crippen molar-refractivity contribution in [2.75, 3.05) is 24.5 Å². The van der Waals surface area contributed by atoms with E-state index in [1.807, 2.05) is 0 Å². The monoisotopic (exact) mass is 408 g/mol. The maximum atomic E-state index is 12.9. The maximum Gasteiger partial charge on any atom is 0.223 e. The van der Waals surface area contributed by atoms with Gasteiger partial charge < -0.3 is 20.9 Å². The van der Waals surface area contributed by atoms with Gasteiger partial charge in [-0.15, -0.1) is 0 Å². The molecular weight excluding hydrogens is 372 g/mol. The molecule has 1 saturated heterocycles. The Bertz CT molecular complexity index is 811. The van der Waals surface area contributed by atoms with Crippen molar-refractivity contribution < 1.29 is 4.79 Å². The first-order chi connectivity index (χ1) is 14.6. The van der Waals surface area contributed by atoms with Crippen molar-refractivity contribution >= 4 is 23.4 Å². The SMILES string of the molecule is CC1CC(CN2CCc3cc(/C(C=N)=C/N)ccc32)CN1C(=O)CC1CCCCC1. The van der Waals surface area contributed by atoms with Crippen LogP contribution in [0.4, 0.5) is 5.69 Å². The van der Waals surface area contributed by atoms with Gasteiger partial charge in [0.05, 0.1) is 0 Å². The Labute approximate surface area is 180 Å². The average Bonchev–Trinajstić information content (AvgIpc) is 3.33. The minimum absolute atomic E-state index is 0.361. The van der Waals surface area contributed by atoms with E-state index in [0.717, 1.165) is 50.0 Å². The summed E-state index contributed by atoms with van der Waals surface area (Å²) in [7, 11) is 0. The zero-order chi connectivity index (χ0) is 21.1. The maximum absolute atomic E-state index is 12.9. The van der Waals surface area contributed by atoms with Crippen LogP contribution in [0.15, 0.2) is 24.4 Å². The van der Waals surface area contributed by atoms with Gasteiger partial charge >= 0.3 is 0 Å². The van der Waals surface area contributed by atoms with Crippen LogP contribution in [-0.4, -0.2) is 42.7 Å². The summed E-state index contributed by atoms with van der Waals surface area (Å²) in [6.07, 6.45) is 12.1. The van der Waals surface area contributed by atoms with Gasteiger partial charge in [-0.25, -0.2) is 0 Å². The number of carbonyl (C=O) groups is 1. The van der Waals surface area contributed by atoms with E-state index >= 15 is 0 Å². The van der Waals surface area contributed by atoms with Crippen molar-refractivity contribution in [2.45, 2.75) is 64.3 Å². The Morgan fingerprint density at radius 1 is 1.23 bits per heavy atom. The molecule has 0 aromatic heterocycles. The van der Waals surface area contributed by atoms with E-state index in [-0.39, 0.29) is 0 Å². The lowest BCUT2D eigenvalue weighted by atomic mass is 9.86. The predicted molar refractivity (Wildman–Crippen MR) is 124 cm³/mol. The summed E-state index contributed by atoms with van der Waals surface area (Å²) in [5, 5.41) is 7.52. The molecule has 2 unspecified atom stereocenters. The van der Waals surface area contributed by atoms with Crippen LogP contribution in [0.5, 0.6) is 0 Å². The lowest BCUT2D eigenvalue weighted by Crippen LogP contribution is -2.36. The summed E-state index contributed by atoms with van der Waals surface area (Å²) in [6, 6.07) is 6.78. The summed E-state index contributed by atoms with van der Waals surface area (Å²) in [5.41, 5.74) is 10.1. The predicted octanol–water partition coefficient (Wildman–Crippen LogP) is 4.21. The molecule has 2 heterocycles. The summed E-state index contributed by atoms with van der Waals surface area (Å²) in [6.45, 7) is 5.19. The number of hydrogen-bond acceptors (Lipinski definition) is 4. The first-order valence-corrected chi connectivity index (χ1v) is 11.7. The van der Waals surface area contributed by atoms with Crippen LogP contribution in [0, 0.1) is 17.2 Å². The Morgan fingerprint density at radius 2 is 2.03 bits per heavy atom. The highest BCUT2D eigenvalue weighted by atomic mass is 16.2. The third-order valence-electron chi connectivity index (χ3n) is 7.39. The summed E-state index contributed by atoms with van der Waals surface area (Å²) in [4.78, 5) is 17.6. The number of hydrogen-bond donors (Lipinski definition) is 2. The zero-order valence-corrected chi connectivity index (χ0v) is 18.3. The Kier molecular flexibility index (Phi) is 6.45. The molecule has 2 aliphatic heterocycles. The molecule has 3 N–H and O–H groups in total.